The van der Waals surface area contributed by atoms with E-state index in [1.165, 1.54) is 0 Å². The Balaban J connectivity index is 0.00000141. The van der Waals surface area contributed by atoms with E-state index in [1.54, 1.807) is 48.5 Å². The minimum absolute atomic E-state index is 0.00296. The SMILES string of the molecule is CO.N=C(C1=NOCCO1)c1ccccc1Oc1ncnc(Oc2ccccc2Cl)c1F. The molecule has 2 N–H and O–H groups in total. The molecule has 0 saturated heterocycles. The predicted octanol–water partition coefficient (Wildman–Crippen LogP) is 4.19. The standard InChI is InChI=1S/C20H14ClFN4O4.CH4O/c21-13-6-2-4-8-15(13)30-19-16(22)18(24-11-25-19)29-14-7-3-1-5-12(14)17(23)20-26-28-10-9-27-20;1-2/h1-8,11,23H,9-10H2;2H,1H3. The van der Waals surface area contributed by atoms with Crippen molar-refractivity contribution in [2.75, 3.05) is 20.3 Å². The van der Waals surface area contributed by atoms with Gasteiger partial charge in [0.05, 0.1) is 5.02 Å². The topological polar surface area (TPSA) is 119 Å². The average molecular weight is 461 g/mol. The molecule has 4 rings (SSSR count). The minimum Gasteiger partial charge on any atom is -0.470 e. The summed E-state index contributed by atoms with van der Waals surface area (Å²) in [5.41, 5.74) is 0.237. The van der Waals surface area contributed by atoms with Crippen LogP contribution in [0.4, 0.5) is 4.39 Å². The Morgan fingerprint density at radius 3 is 2.28 bits per heavy atom. The number of aromatic nitrogens is 2. The van der Waals surface area contributed by atoms with Crippen LogP contribution in [0.1, 0.15) is 5.56 Å². The number of aliphatic hydroxyl groups is 1. The minimum atomic E-state index is -0.923. The second-order valence-corrected chi connectivity index (χ2v) is 6.29. The first-order valence-corrected chi connectivity index (χ1v) is 9.58. The molecular weight excluding hydrogens is 443 g/mol. The van der Waals surface area contributed by atoms with E-state index in [-0.39, 0.29) is 41.5 Å². The molecule has 0 radical (unpaired) electrons. The summed E-state index contributed by atoms with van der Waals surface area (Å²) in [5, 5.41) is 19.3. The van der Waals surface area contributed by atoms with E-state index in [4.69, 9.17) is 41.2 Å². The zero-order chi connectivity index (χ0) is 22.9. The molecule has 11 heteroatoms. The lowest BCUT2D eigenvalue weighted by molar-refractivity contribution is 0.0676. The van der Waals surface area contributed by atoms with Crippen LogP contribution in [0.15, 0.2) is 60.0 Å². The fourth-order valence-corrected chi connectivity index (χ4v) is 2.69. The molecule has 0 bridgehead atoms. The third-order valence-corrected chi connectivity index (χ3v) is 4.22. The largest absolute Gasteiger partial charge is 0.470 e. The van der Waals surface area contributed by atoms with Gasteiger partial charge in [0.2, 0.25) is 5.82 Å². The Morgan fingerprint density at radius 2 is 1.62 bits per heavy atom. The van der Waals surface area contributed by atoms with Gasteiger partial charge in [0, 0.05) is 12.7 Å². The van der Waals surface area contributed by atoms with Crippen molar-refractivity contribution in [3.8, 4) is 23.3 Å². The first-order valence-electron chi connectivity index (χ1n) is 9.20. The zero-order valence-corrected chi connectivity index (χ0v) is 17.5. The summed E-state index contributed by atoms with van der Waals surface area (Å²) in [7, 11) is 1.00. The summed E-state index contributed by atoms with van der Waals surface area (Å²) in [6.45, 7) is 0.572. The summed E-state index contributed by atoms with van der Waals surface area (Å²) >= 11 is 6.05. The monoisotopic (exact) mass is 460 g/mol. The highest BCUT2D eigenvalue weighted by atomic mass is 35.5. The number of ether oxygens (including phenoxy) is 3. The fourth-order valence-electron chi connectivity index (χ4n) is 2.52. The van der Waals surface area contributed by atoms with Crippen LogP contribution in [0, 0.1) is 11.2 Å². The summed E-state index contributed by atoms with van der Waals surface area (Å²) in [5.74, 6) is -1.25. The van der Waals surface area contributed by atoms with Gasteiger partial charge in [-0.25, -0.2) is 0 Å². The molecule has 0 spiro atoms. The van der Waals surface area contributed by atoms with Gasteiger partial charge in [-0.05, 0) is 29.4 Å². The molecule has 0 aliphatic carbocycles. The summed E-state index contributed by atoms with van der Waals surface area (Å²) in [6.07, 6.45) is 1.10. The van der Waals surface area contributed by atoms with Gasteiger partial charge in [0.15, 0.2) is 6.61 Å². The van der Waals surface area contributed by atoms with Crippen molar-refractivity contribution < 1.29 is 28.5 Å². The average Bonchev–Trinajstić information content (AvgIpc) is 2.85. The number of nitrogens with zero attached hydrogens (tertiary/aromatic N) is 3. The number of hydrogen-bond acceptors (Lipinski definition) is 9. The van der Waals surface area contributed by atoms with Gasteiger partial charge in [0.25, 0.3) is 17.7 Å². The third kappa shape index (κ3) is 5.29. The Bertz CT molecular complexity index is 1130. The number of rotatable bonds is 6. The summed E-state index contributed by atoms with van der Waals surface area (Å²) in [6, 6.07) is 13.1. The number of aliphatic hydroxyl groups excluding tert-OH is 1. The molecule has 0 saturated carbocycles. The normalized spacial score (nSPS) is 12.3. The second kappa shape index (κ2) is 11.0. The van der Waals surface area contributed by atoms with Crippen molar-refractivity contribution in [2.45, 2.75) is 0 Å². The zero-order valence-electron chi connectivity index (χ0n) is 16.8. The van der Waals surface area contributed by atoms with Crippen LogP contribution in [0.3, 0.4) is 0 Å². The van der Waals surface area contributed by atoms with Crippen LogP contribution in [-0.4, -0.2) is 47.0 Å². The molecule has 9 nitrogen and oxygen atoms in total. The van der Waals surface area contributed by atoms with Crippen molar-refractivity contribution in [1.29, 1.82) is 5.41 Å². The maximum Gasteiger partial charge on any atom is 0.276 e. The molecule has 2 heterocycles. The van der Waals surface area contributed by atoms with Gasteiger partial charge in [0.1, 0.15) is 30.1 Å². The number of nitrogens with one attached hydrogen (secondary N) is 1. The summed E-state index contributed by atoms with van der Waals surface area (Å²) < 4.78 is 31.3. The van der Waals surface area contributed by atoms with Gasteiger partial charge >= 0.3 is 0 Å². The highest BCUT2D eigenvalue weighted by Crippen LogP contribution is 2.33. The predicted molar refractivity (Wildman–Crippen MR) is 114 cm³/mol. The van der Waals surface area contributed by atoms with Crippen molar-refractivity contribution >= 4 is 23.2 Å². The quantitative estimate of drug-likeness (QED) is 0.529. The molecule has 0 fully saturated rings. The molecule has 1 aliphatic heterocycles. The molecular formula is C21H18ClFN4O5. The maximum absolute atomic E-state index is 14.9. The first-order chi connectivity index (χ1) is 15.6. The van der Waals surface area contributed by atoms with Crippen molar-refractivity contribution in [3.63, 3.8) is 0 Å². The van der Waals surface area contributed by atoms with Gasteiger partial charge in [-0.1, -0.05) is 35.9 Å². The molecule has 0 atom stereocenters. The van der Waals surface area contributed by atoms with Crippen LogP contribution < -0.4 is 9.47 Å². The molecule has 2 aromatic carbocycles. The van der Waals surface area contributed by atoms with Crippen molar-refractivity contribution in [2.24, 2.45) is 5.16 Å². The van der Waals surface area contributed by atoms with Crippen molar-refractivity contribution in [3.05, 3.63) is 71.3 Å². The smallest absolute Gasteiger partial charge is 0.276 e. The van der Waals surface area contributed by atoms with Crippen LogP contribution in [0.2, 0.25) is 5.02 Å². The highest BCUT2D eigenvalue weighted by molar-refractivity contribution is 6.44. The maximum atomic E-state index is 14.9. The second-order valence-electron chi connectivity index (χ2n) is 5.88. The Labute approximate surface area is 187 Å². The van der Waals surface area contributed by atoms with Gasteiger partial charge < -0.3 is 24.2 Å². The number of oxime groups is 1. The number of para-hydroxylation sites is 2. The van der Waals surface area contributed by atoms with E-state index in [0.717, 1.165) is 13.4 Å². The van der Waals surface area contributed by atoms with Gasteiger partial charge in [-0.3, -0.25) is 5.41 Å². The molecule has 3 aromatic rings. The van der Waals surface area contributed by atoms with E-state index in [9.17, 15) is 4.39 Å². The molecule has 166 valence electrons. The van der Waals surface area contributed by atoms with E-state index in [2.05, 4.69) is 15.1 Å². The fraction of sp³-hybridized carbons (Fsp3) is 0.143. The van der Waals surface area contributed by atoms with E-state index < -0.39 is 5.82 Å². The van der Waals surface area contributed by atoms with E-state index >= 15 is 0 Å². The lowest BCUT2D eigenvalue weighted by atomic mass is 10.1. The molecule has 0 unspecified atom stereocenters. The first kappa shape index (κ1) is 22.9. The molecule has 32 heavy (non-hydrogen) atoms. The summed E-state index contributed by atoms with van der Waals surface area (Å²) in [4.78, 5) is 12.6. The van der Waals surface area contributed by atoms with Crippen LogP contribution in [0.25, 0.3) is 0 Å². The highest BCUT2D eigenvalue weighted by Gasteiger charge is 2.22. The van der Waals surface area contributed by atoms with Crippen LogP contribution in [-0.2, 0) is 9.57 Å². The number of benzene rings is 2. The number of halogens is 2. The lowest BCUT2D eigenvalue weighted by Gasteiger charge is -2.16. The van der Waals surface area contributed by atoms with E-state index in [0.29, 0.717) is 17.2 Å². The van der Waals surface area contributed by atoms with Crippen LogP contribution in [0.5, 0.6) is 23.3 Å². The molecule has 1 aromatic heterocycles. The Morgan fingerprint density at radius 1 is 1.00 bits per heavy atom. The van der Waals surface area contributed by atoms with E-state index in [1.807, 2.05) is 0 Å². The lowest BCUT2D eigenvalue weighted by Crippen LogP contribution is -2.24. The Kier molecular flexibility index (Phi) is 7.90. The van der Waals surface area contributed by atoms with Gasteiger partial charge in [-0.2, -0.15) is 14.4 Å². The van der Waals surface area contributed by atoms with Crippen molar-refractivity contribution in [1.82, 2.24) is 9.97 Å². The molecule has 0 amide bonds. The van der Waals surface area contributed by atoms with Crippen LogP contribution >= 0.6 is 11.6 Å². The number of hydrogen-bond donors (Lipinski definition) is 2. The van der Waals surface area contributed by atoms with Gasteiger partial charge in [-0.15, -0.1) is 0 Å². The molecule has 1 aliphatic rings. The Hall–Kier alpha value is -3.76. The third-order valence-electron chi connectivity index (χ3n) is 3.91.